The van der Waals surface area contributed by atoms with Crippen LogP contribution in [-0.2, 0) is 11.3 Å². The Labute approximate surface area is 139 Å². The minimum atomic E-state index is 0.161. The SMILES string of the molecule is CN=C(NC1C2CCCOC2C1(C)C)N(C)Cc1ccccc1. The van der Waals surface area contributed by atoms with E-state index in [9.17, 15) is 0 Å². The lowest BCUT2D eigenvalue weighted by Gasteiger charge is -2.60. The standard InChI is InChI=1S/C19H29N3O/c1-19(2)16(15-11-8-12-23-17(15)19)21-18(20-3)22(4)13-14-9-6-5-7-10-14/h5-7,9-10,15-17H,8,11-13H2,1-4H3,(H,20,21). The fraction of sp³-hybridized carbons (Fsp3) is 0.632. The summed E-state index contributed by atoms with van der Waals surface area (Å²) in [4.78, 5) is 6.70. The molecular formula is C19H29N3O. The molecule has 4 nitrogen and oxygen atoms in total. The minimum absolute atomic E-state index is 0.161. The van der Waals surface area contributed by atoms with Crippen LogP contribution < -0.4 is 5.32 Å². The van der Waals surface area contributed by atoms with Gasteiger partial charge in [0.1, 0.15) is 0 Å². The number of benzene rings is 1. The minimum Gasteiger partial charge on any atom is -0.377 e. The van der Waals surface area contributed by atoms with E-state index in [-0.39, 0.29) is 5.41 Å². The third kappa shape index (κ3) is 3.09. The Morgan fingerprint density at radius 1 is 1.35 bits per heavy atom. The highest BCUT2D eigenvalue weighted by atomic mass is 16.5. The fourth-order valence-corrected chi connectivity index (χ4v) is 4.23. The van der Waals surface area contributed by atoms with Crippen molar-refractivity contribution in [2.75, 3.05) is 20.7 Å². The second-order valence-electron chi connectivity index (χ2n) is 7.43. The summed E-state index contributed by atoms with van der Waals surface area (Å²) in [5, 5.41) is 3.71. The zero-order chi connectivity index (χ0) is 16.4. The Kier molecular flexibility index (Phi) is 4.62. The highest BCUT2D eigenvalue weighted by Crippen LogP contribution is 2.51. The maximum absolute atomic E-state index is 6.00. The molecule has 0 spiro atoms. The molecule has 3 unspecified atom stereocenters. The second-order valence-corrected chi connectivity index (χ2v) is 7.43. The van der Waals surface area contributed by atoms with Gasteiger partial charge in [0.2, 0.25) is 0 Å². The van der Waals surface area contributed by atoms with E-state index in [2.05, 4.69) is 66.4 Å². The van der Waals surface area contributed by atoms with Crippen molar-refractivity contribution >= 4 is 5.96 Å². The molecule has 1 aliphatic heterocycles. The number of guanidine groups is 1. The van der Waals surface area contributed by atoms with Crippen molar-refractivity contribution in [1.29, 1.82) is 0 Å². The first kappa shape index (κ1) is 16.3. The molecule has 0 amide bonds. The van der Waals surface area contributed by atoms with E-state index in [1.54, 1.807) is 0 Å². The topological polar surface area (TPSA) is 36.9 Å². The summed E-state index contributed by atoms with van der Waals surface area (Å²) in [6, 6.07) is 11.0. The number of rotatable bonds is 3. The first-order valence-corrected chi connectivity index (χ1v) is 8.64. The predicted molar refractivity (Wildman–Crippen MR) is 94.4 cm³/mol. The van der Waals surface area contributed by atoms with Crippen molar-refractivity contribution in [2.24, 2.45) is 16.3 Å². The van der Waals surface area contributed by atoms with Crippen LogP contribution in [0.1, 0.15) is 32.3 Å². The first-order valence-electron chi connectivity index (χ1n) is 8.64. The smallest absolute Gasteiger partial charge is 0.193 e. The number of hydrogen-bond donors (Lipinski definition) is 1. The molecule has 1 aliphatic carbocycles. The van der Waals surface area contributed by atoms with Crippen LogP contribution in [0.4, 0.5) is 0 Å². The van der Waals surface area contributed by atoms with E-state index < -0.39 is 0 Å². The Balaban J connectivity index is 1.65. The highest BCUT2D eigenvalue weighted by molar-refractivity contribution is 5.80. The monoisotopic (exact) mass is 315 g/mol. The Morgan fingerprint density at radius 3 is 2.78 bits per heavy atom. The molecule has 4 heteroatoms. The second kappa shape index (κ2) is 6.52. The van der Waals surface area contributed by atoms with E-state index in [1.807, 2.05) is 7.05 Å². The normalized spacial score (nSPS) is 29.4. The molecule has 1 saturated heterocycles. The average Bonchev–Trinajstić information content (AvgIpc) is 2.56. The maximum atomic E-state index is 6.00. The Morgan fingerprint density at radius 2 is 2.09 bits per heavy atom. The van der Waals surface area contributed by atoms with Crippen molar-refractivity contribution in [3.8, 4) is 0 Å². The molecule has 1 aromatic carbocycles. The number of hydrogen-bond acceptors (Lipinski definition) is 2. The summed E-state index contributed by atoms with van der Waals surface area (Å²) in [5.74, 6) is 1.58. The molecule has 2 aliphatic rings. The summed E-state index contributed by atoms with van der Waals surface area (Å²) in [6.45, 7) is 6.39. The summed E-state index contributed by atoms with van der Waals surface area (Å²) in [7, 11) is 3.97. The van der Waals surface area contributed by atoms with Gasteiger partial charge in [-0.25, -0.2) is 0 Å². The van der Waals surface area contributed by atoms with Gasteiger partial charge in [0.25, 0.3) is 0 Å². The number of ether oxygens (including phenoxy) is 1. The van der Waals surface area contributed by atoms with Crippen LogP contribution in [0, 0.1) is 11.3 Å². The molecule has 3 rings (SSSR count). The van der Waals surface area contributed by atoms with E-state index in [0.29, 0.717) is 18.1 Å². The summed E-state index contributed by atoms with van der Waals surface area (Å²) >= 11 is 0. The summed E-state index contributed by atoms with van der Waals surface area (Å²) < 4.78 is 6.00. The van der Waals surface area contributed by atoms with E-state index in [0.717, 1.165) is 19.1 Å². The van der Waals surface area contributed by atoms with Gasteiger partial charge in [-0.3, -0.25) is 4.99 Å². The Bertz CT molecular complexity index is 555. The van der Waals surface area contributed by atoms with Crippen molar-refractivity contribution < 1.29 is 4.74 Å². The quantitative estimate of drug-likeness (QED) is 0.688. The van der Waals surface area contributed by atoms with E-state index in [1.165, 1.54) is 18.4 Å². The van der Waals surface area contributed by atoms with Gasteiger partial charge in [0.05, 0.1) is 6.10 Å². The van der Waals surface area contributed by atoms with Gasteiger partial charge in [-0.2, -0.15) is 0 Å². The van der Waals surface area contributed by atoms with Gasteiger partial charge in [-0.1, -0.05) is 44.2 Å². The number of aliphatic imine (C=N–C) groups is 1. The van der Waals surface area contributed by atoms with E-state index >= 15 is 0 Å². The molecule has 23 heavy (non-hydrogen) atoms. The molecule has 1 aromatic rings. The third-order valence-electron chi connectivity index (χ3n) is 5.45. The van der Waals surface area contributed by atoms with Crippen LogP contribution in [0.25, 0.3) is 0 Å². The van der Waals surface area contributed by atoms with Crippen molar-refractivity contribution in [2.45, 2.75) is 45.4 Å². The zero-order valence-electron chi connectivity index (χ0n) is 14.7. The van der Waals surface area contributed by atoms with Crippen LogP contribution in [-0.4, -0.2) is 43.7 Å². The molecule has 1 saturated carbocycles. The molecule has 1 heterocycles. The summed E-state index contributed by atoms with van der Waals surface area (Å²) in [5.41, 5.74) is 1.46. The van der Waals surface area contributed by atoms with Crippen LogP contribution in [0.5, 0.6) is 0 Å². The maximum Gasteiger partial charge on any atom is 0.193 e. The molecule has 2 fully saturated rings. The van der Waals surface area contributed by atoms with Crippen LogP contribution in [0.3, 0.4) is 0 Å². The molecule has 3 atom stereocenters. The lowest BCUT2D eigenvalue weighted by molar-refractivity contribution is -0.188. The lowest BCUT2D eigenvalue weighted by Crippen LogP contribution is -2.71. The zero-order valence-corrected chi connectivity index (χ0v) is 14.7. The molecular weight excluding hydrogens is 286 g/mol. The molecule has 126 valence electrons. The van der Waals surface area contributed by atoms with Gasteiger partial charge in [-0.15, -0.1) is 0 Å². The van der Waals surface area contributed by atoms with Crippen LogP contribution in [0.2, 0.25) is 0 Å². The molecule has 1 N–H and O–H groups in total. The van der Waals surface area contributed by atoms with Gasteiger partial charge < -0.3 is 15.0 Å². The van der Waals surface area contributed by atoms with Crippen molar-refractivity contribution in [3.05, 3.63) is 35.9 Å². The highest BCUT2D eigenvalue weighted by Gasteiger charge is 2.58. The predicted octanol–water partition coefficient (Wildman–Crippen LogP) is 2.90. The van der Waals surface area contributed by atoms with Crippen LogP contribution >= 0.6 is 0 Å². The van der Waals surface area contributed by atoms with Gasteiger partial charge >= 0.3 is 0 Å². The Hall–Kier alpha value is -1.55. The van der Waals surface area contributed by atoms with Gasteiger partial charge in [-0.05, 0) is 18.4 Å². The average molecular weight is 315 g/mol. The third-order valence-corrected chi connectivity index (χ3v) is 5.45. The summed E-state index contributed by atoms with van der Waals surface area (Å²) in [6.07, 6.45) is 2.82. The fourth-order valence-electron chi connectivity index (χ4n) is 4.23. The largest absolute Gasteiger partial charge is 0.377 e. The number of nitrogens with one attached hydrogen (secondary N) is 1. The molecule has 0 bridgehead atoms. The number of fused-ring (bicyclic) bond motifs is 1. The lowest BCUT2D eigenvalue weighted by atomic mass is 9.55. The van der Waals surface area contributed by atoms with Gasteiger partial charge in [0, 0.05) is 44.6 Å². The van der Waals surface area contributed by atoms with Crippen LogP contribution in [0.15, 0.2) is 35.3 Å². The molecule has 0 aromatic heterocycles. The van der Waals surface area contributed by atoms with E-state index in [4.69, 9.17) is 4.74 Å². The number of nitrogens with zero attached hydrogens (tertiary/aromatic N) is 2. The van der Waals surface area contributed by atoms with Crippen molar-refractivity contribution in [1.82, 2.24) is 10.2 Å². The molecule has 0 radical (unpaired) electrons. The van der Waals surface area contributed by atoms with Gasteiger partial charge in [0.15, 0.2) is 5.96 Å². The first-order chi connectivity index (χ1) is 11.0. The van der Waals surface area contributed by atoms with Crippen molar-refractivity contribution in [3.63, 3.8) is 0 Å².